The SMILES string of the molecule is C[P+](c1ccccc1)(c1ccccc1)c1ccccc1-c1cccc2cc3ccccc3cc12.[Cl-]. The molecule has 0 N–H and O–H groups in total. The molecule has 0 amide bonds. The molecule has 6 rings (SSSR count). The van der Waals surface area contributed by atoms with Crippen molar-refractivity contribution in [2.75, 3.05) is 6.66 Å². The van der Waals surface area contributed by atoms with E-state index in [9.17, 15) is 0 Å². The molecule has 170 valence electrons. The van der Waals surface area contributed by atoms with Crippen LogP contribution in [0, 0.1) is 0 Å². The quantitative estimate of drug-likeness (QED) is 0.251. The Morgan fingerprint density at radius 1 is 0.429 bits per heavy atom. The van der Waals surface area contributed by atoms with E-state index < -0.39 is 7.26 Å². The minimum Gasteiger partial charge on any atom is -1.00 e. The van der Waals surface area contributed by atoms with Gasteiger partial charge in [-0.3, -0.25) is 0 Å². The van der Waals surface area contributed by atoms with Crippen molar-refractivity contribution in [3.8, 4) is 11.1 Å². The van der Waals surface area contributed by atoms with Gasteiger partial charge in [0.1, 0.15) is 23.2 Å². The van der Waals surface area contributed by atoms with E-state index >= 15 is 0 Å². The van der Waals surface area contributed by atoms with Gasteiger partial charge in [0.05, 0.1) is 6.66 Å². The first-order valence-electron chi connectivity index (χ1n) is 11.7. The molecule has 0 aliphatic carbocycles. The molecule has 35 heavy (non-hydrogen) atoms. The first-order valence-corrected chi connectivity index (χ1v) is 14.0. The Morgan fingerprint density at radius 2 is 0.914 bits per heavy atom. The van der Waals surface area contributed by atoms with Crippen molar-refractivity contribution in [2.45, 2.75) is 0 Å². The predicted octanol–water partition coefficient (Wildman–Crippen LogP) is 4.59. The lowest BCUT2D eigenvalue weighted by molar-refractivity contribution is -0.00000641. The van der Waals surface area contributed by atoms with Crippen LogP contribution in [0.15, 0.2) is 140 Å². The van der Waals surface area contributed by atoms with Crippen molar-refractivity contribution >= 4 is 44.7 Å². The fourth-order valence-electron chi connectivity index (χ4n) is 5.17. The molecule has 0 nitrogen and oxygen atoms in total. The van der Waals surface area contributed by atoms with Crippen LogP contribution >= 0.6 is 7.26 Å². The van der Waals surface area contributed by atoms with Crippen LogP contribution in [0.1, 0.15) is 0 Å². The van der Waals surface area contributed by atoms with Gasteiger partial charge in [-0.2, -0.15) is 0 Å². The maximum absolute atomic E-state index is 2.47. The van der Waals surface area contributed by atoms with Crippen LogP contribution in [0.4, 0.5) is 0 Å². The lowest BCUT2D eigenvalue weighted by Crippen LogP contribution is -3.00. The fraction of sp³-hybridized carbons (Fsp3) is 0.0303. The van der Waals surface area contributed by atoms with Gasteiger partial charge in [0.2, 0.25) is 0 Å². The molecule has 0 saturated carbocycles. The zero-order valence-corrected chi connectivity index (χ0v) is 21.3. The van der Waals surface area contributed by atoms with Crippen LogP contribution < -0.4 is 28.3 Å². The molecule has 0 bridgehead atoms. The summed E-state index contributed by atoms with van der Waals surface area (Å²) in [6, 6.07) is 51.2. The van der Waals surface area contributed by atoms with Crippen molar-refractivity contribution in [2.24, 2.45) is 0 Å². The summed E-state index contributed by atoms with van der Waals surface area (Å²) in [5.41, 5.74) is 2.63. The Labute approximate surface area is 214 Å². The number of rotatable bonds is 4. The molecule has 6 aromatic rings. The minimum atomic E-state index is -1.86. The highest BCUT2D eigenvalue weighted by molar-refractivity contribution is 7.95. The van der Waals surface area contributed by atoms with Crippen LogP contribution in [-0.2, 0) is 0 Å². The molecule has 0 atom stereocenters. The summed E-state index contributed by atoms with van der Waals surface area (Å²) in [7, 11) is -1.86. The van der Waals surface area contributed by atoms with Crippen molar-refractivity contribution in [1.82, 2.24) is 0 Å². The standard InChI is InChI=1S/C33H26P.ClH/c1-34(28-16-4-2-5-17-28,29-18-6-3-7-19-29)33-22-11-10-20-31(33)30-21-12-15-27-23-25-13-8-9-14-26(25)24-32(27)30;/h2-24H,1H3;1H/q+1;/p-1. The molecule has 0 aliphatic heterocycles. The number of hydrogen-bond acceptors (Lipinski definition) is 0. The molecular weight excluding hydrogens is 463 g/mol. The lowest BCUT2D eigenvalue weighted by Gasteiger charge is -2.26. The average Bonchev–Trinajstić information content (AvgIpc) is 2.92. The fourth-order valence-corrected chi connectivity index (χ4v) is 8.62. The van der Waals surface area contributed by atoms with E-state index in [1.54, 1.807) is 0 Å². The summed E-state index contributed by atoms with van der Waals surface area (Å²) in [6.07, 6.45) is 0. The normalized spacial score (nSPS) is 11.3. The maximum Gasteiger partial charge on any atom is 0.112 e. The molecule has 6 aromatic carbocycles. The van der Waals surface area contributed by atoms with Crippen LogP contribution in [0.5, 0.6) is 0 Å². The molecule has 0 spiro atoms. The Kier molecular flexibility index (Phi) is 6.44. The van der Waals surface area contributed by atoms with Gasteiger partial charge in [0.15, 0.2) is 0 Å². The summed E-state index contributed by atoms with van der Waals surface area (Å²) in [4.78, 5) is 0. The number of benzene rings is 6. The first kappa shape index (κ1) is 23.3. The third-order valence-corrected chi connectivity index (χ3v) is 11.0. The van der Waals surface area contributed by atoms with Crippen LogP contribution in [0.3, 0.4) is 0 Å². The van der Waals surface area contributed by atoms with Gasteiger partial charge in [-0.15, -0.1) is 0 Å². The van der Waals surface area contributed by atoms with E-state index in [1.807, 2.05) is 0 Å². The van der Waals surface area contributed by atoms with E-state index in [2.05, 4.69) is 146 Å². The van der Waals surface area contributed by atoms with E-state index in [0.717, 1.165) is 0 Å². The topological polar surface area (TPSA) is 0 Å². The summed E-state index contributed by atoms with van der Waals surface area (Å²) in [5, 5.41) is 9.38. The molecule has 0 radical (unpaired) electrons. The van der Waals surface area contributed by atoms with Gasteiger partial charge in [-0.05, 0) is 69.6 Å². The Bertz CT molecular complexity index is 1570. The Balaban J connectivity index is 0.00000253. The zero-order chi connectivity index (χ0) is 23.0. The van der Waals surface area contributed by atoms with Crippen molar-refractivity contribution in [3.63, 3.8) is 0 Å². The zero-order valence-electron chi connectivity index (χ0n) is 19.6. The second-order valence-electron chi connectivity index (χ2n) is 8.92. The first-order chi connectivity index (χ1) is 16.7. The third-order valence-electron chi connectivity index (χ3n) is 6.97. The molecular formula is C33H26ClP. The molecule has 0 fully saturated rings. The second kappa shape index (κ2) is 9.67. The lowest BCUT2D eigenvalue weighted by atomic mass is 9.95. The van der Waals surface area contributed by atoms with E-state index in [-0.39, 0.29) is 12.4 Å². The molecule has 2 heteroatoms. The van der Waals surface area contributed by atoms with Gasteiger partial charge in [-0.25, -0.2) is 0 Å². The highest BCUT2D eigenvalue weighted by atomic mass is 35.5. The smallest absolute Gasteiger partial charge is 0.112 e. The predicted molar refractivity (Wildman–Crippen MR) is 152 cm³/mol. The summed E-state index contributed by atoms with van der Waals surface area (Å²) < 4.78 is 0. The number of halogens is 1. The highest BCUT2D eigenvalue weighted by Crippen LogP contribution is 2.53. The average molecular weight is 489 g/mol. The largest absolute Gasteiger partial charge is 1.00 e. The minimum absolute atomic E-state index is 0. The molecule has 0 saturated heterocycles. The van der Waals surface area contributed by atoms with E-state index in [0.29, 0.717) is 0 Å². The highest BCUT2D eigenvalue weighted by Gasteiger charge is 2.42. The monoisotopic (exact) mass is 488 g/mol. The van der Waals surface area contributed by atoms with Crippen molar-refractivity contribution in [1.29, 1.82) is 0 Å². The van der Waals surface area contributed by atoms with Crippen molar-refractivity contribution in [3.05, 3.63) is 140 Å². The number of hydrogen-bond donors (Lipinski definition) is 0. The summed E-state index contributed by atoms with van der Waals surface area (Å²) in [6.45, 7) is 2.47. The van der Waals surface area contributed by atoms with Crippen molar-refractivity contribution < 1.29 is 12.4 Å². The maximum atomic E-state index is 2.47. The van der Waals surface area contributed by atoms with Gasteiger partial charge < -0.3 is 12.4 Å². The van der Waals surface area contributed by atoms with Crippen LogP contribution in [0.25, 0.3) is 32.7 Å². The van der Waals surface area contributed by atoms with Gasteiger partial charge in [0, 0.05) is 5.56 Å². The van der Waals surface area contributed by atoms with E-state index in [1.165, 1.54) is 48.6 Å². The van der Waals surface area contributed by atoms with Crippen LogP contribution in [0.2, 0.25) is 0 Å². The third kappa shape index (κ3) is 4.04. The Hall–Kier alpha value is -3.44. The van der Waals surface area contributed by atoms with Gasteiger partial charge >= 0.3 is 0 Å². The number of fused-ring (bicyclic) bond motifs is 2. The summed E-state index contributed by atoms with van der Waals surface area (Å²) >= 11 is 0. The molecule has 0 unspecified atom stereocenters. The summed E-state index contributed by atoms with van der Waals surface area (Å²) in [5.74, 6) is 0. The van der Waals surface area contributed by atoms with E-state index in [4.69, 9.17) is 0 Å². The Morgan fingerprint density at radius 3 is 1.57 bits per heavy atom. The second-order valence-corrected chi connectivity index (χ2v) is 12.4. The van der Waals surface area contributed by atoms with Crippen LogP contribution in [-0.4, -0.2) is 6.66 Å². The molecule has 0 heterocycles. The van der Waals surface area contributed by atoms with Gasteiger partial charge in [-0.1, -0.05) is 97.1 Å². The molecule has 0 aliphatic rings. The molecule has 0 aromatic heterocycles. The van der Waals surface area contributed by atoms with Gasteiger partial charge in [0.25, 0.3) is 0 Å².